The van der Waals surface area contributed by atoms with Crippen molar-refractivity contribution in [1.29, 1.82) is 0 Å². The molecule has 0 saturated heterocycles. The van der Waals surface area contributed by atoms with Crippen LogP contribution in [0.3, 0.4) is 0 Å². The highest BCUT2D eigenvalue weighted by atomic mass is 32.2. The van der Waals surface area contributed by atoms with Gasteiger partial charge in [-0.05, 0) is 49.2 Å². The molecule has 0 bridgehead atoms. The second-order valence-electron chi connectivity index (χ2n) is 5.86. The average molecular weight is 364 g/mol. The standard InChI is InChI=1S/C18H21FN2O3S/c1-13-6-4-5-7-15(13)12-20-18(22)14(2)21(25(3,23)24)17-10-8-16(19)9-11-17/h4-11,14H,12H2,1-3H3,(H,20,22). The third-order valence-electron chi connectivity index (χ3n) is 3.88. The average Bonchev–Trinajstić information content (AvgIpc) is 2.54. The molecule has 2 aromatic carbocycles. The van der Waals surface area contributed by atoms with Gasteiger partial charge in [0.15, 0.2) is 0 Å². The van der Waals surface area contributed by atoms with Crippen molar-refractivity contribution in [2.45, 2.75) is 26.4 Å². The monoisotopic (exact) mass is 364 g/mol. The van der Waals surface area contributed by atoms with Crippen molar-refractivity contribution in [3.05, 3.63) is 65.5 Å². The van der Waals surface area contributed by atoms with Gasteiger partial charge in [0.25, 0.3) is 0 Å². The summed E-state index contributed by atoms with van der Waals surface area (Å²) in [5.74, 6) is -0.910. The number of sulfonamides is 1. The summed E-state index contributed by atoms with van der Waals surface area (Å²) >= 11 is 0. The fraction of sp³-hybridized carbons (Fsp3) is 0.278. The van der Waals surface area contributed by atoms with Gasteiger partial charge in [0.1, 0.15) is 11.9 Å². The smallest absolute Gasteiger partial charge is 0.243 e. The van der Waals surface area contributed by atoms with E-state index in [1.807, 2.05) is 31.2 Å². The molecular formula is C18H21FN2O3S. The molecule has 7 heteroatoms. The molecule has 0 fully saturated rings. The molecule has 2 rings (SSSR count). The van der Waals surface area contributed by atoms with Crippen LogP contribution in [0, 0.1) is 12.7 Å². The molecule has 0 heterocycles. The van der Waals surface area contributed by atoms with Gasteiger partial charge in [-0.15, -0.1) is 0 Å². The van der Waals surface area contributed by atoms with Crippen molar-refractivity contribution >= 4 is 21.6 Å². The molecule has 134 valence electrons. The Balaban J connectivity index is 2.18. The topological polar surface area (TPSA) is 66.5 Å². The maximum absolute atomic E-state index is 13.1. The minimum atomic E-state index is -3.72. The predicted octanol–water partition coefficient (Wildman–Crippen LogP) is 2.61. The Hall–Kier alpha value is -2.41. The van der Waals surface area contributed by atoms with E-state index < -0.39 is 27.8 Å². The number of nitrogens with one attached hydrogen (secondary N) is 1. The van der Waals surface area contributed by atoms with Crippen LogP contribution in [-0.4, -0.2) is 26.6 Å². The second kappa shape index (κ2) is 7.65. The number of amides is 1. The summed E-state index contributed by atoms with van der Waals surface area (Å²) in [6.45, 7) is 3.74. The first-order chi connectivity index (χ1) is 11.7. The van der Waals surface area contributed by atoms with Gasteiger partial charge in [0.2, 0.25) is 15.9 Å². The van der Waals surface area contributed by atoms with E-state index in [0.717, 1.165) is 33.8 Å². The fourth-order valence-corrected chi connectivity index (χ4v) is 3.71. The molecule has 1 amide bonds. The lowest BCUT2D eigenvalue weighted by molar-refractivity contribution is -0.122. The van der Waals surface area contributed by atoms with Crippen LogP contribution < -0.4 is 9.62 Å². The third-order valence-corrected chi connectivity index (χ3v) is 5.13. The number of halogens is 1. The van der Waals surface area contributed by atoms with E-state index in [2.05, 4.69) is 5.32 Å². The third kappa shape index (κ3) is 4.79. The van der Waals surface area contributed by atoms with Crippen LogP contribution in [0.15, 0.2) is 48.5 Å². The first kappa shape index (κ1) is 18.9. The molecule has 1 atom stereocenters. The van der Waals surface area contributed by atoms with E-state index in [0.29, 0.717) is 6.54 Å². The van der Waals surface area contributed by atoms with Crippen molar-refractivity contribution in [2.24, 2.45) is 0 Å². The van der Waals surface area contributed by atoms with Gasteiger partial charge in [0.05, 0.1) is 11.9 Å². The van der Waals surface area contributed by atoms with Crippen LogP contribution in [0.4, 0.5) is 10.1 Å². The summed E-state index contributed by atoms with van der Waals surface area (Å²) in [7, 11) is -3.72. The van der Waals surface area contributed by atoms with E-state index in [1.165, 1.54) is 19.1 Å². The SMILES string of the molecule is Cc1ccccc1CNC(=O)C(C)N(c1ccc(F)cc1)S(C)(=O)=O. The summed E-state index contributed by atoms with van der Waals surface area (Å²) < 4.78 is 38.4. The van der Waals surface area contributed by atoms with Gasteiger partial charge in [-0.1, -0.05) is 24.3 Å². The van der Waals surface area contributed by atoms with Crippen LogP contribution in [-0.2, 0) is 21.4 Å². The molecule has 0 aromatic heterocycles. The number of benzene rings is 2. The van der Waals surface area contributed by atoms with Crippen LogP contribution in [0.1, 0.15) is 18.1 Å². The van der Waals surface area contributed by atoms with Crippen molar-refractivity contribution < 1.29 is 17.6 Å². The number of hydrogen-bond acceptors (Lipinski definition) is 3. The van der Waals surface area contributed by atoms with E-state index in [1.54, 1.807) is 0 Å². The van der Waals surface area contributed by atoms with Gasteiger partial charge in [-0.25, -0.2) is 12.8 Å². The highest BCUT2D eigenvalue weighted by molar-refractivity contribution is 7.92. The molecule has 0 spiro atoms. The Kier molecular flexibility index (Phi) is 5.79. The summed E-state index contributed by atoms with van der Waals surface area (Å²) in [6, 6.07) is 11.6. The second-order valence-corrected chi connectivity index (χ2v) is 7.71. The van der Waals surface area contributed by atoms with E-state index in [4.69, 9.17) is 0 Å². The van der Waals surface area contributed by atoms with Crippen molar-refractivity contribution in [3.8, 4) is 0 Å². The molecule has 0 aliphatic carbocycles. The molecular weight excluding hydrogens is 343 g/mol. The van der Waals surface area contributed by atoms with Crippen LogP contribution in [0.2, 0.25) is 0 Å². The predicted molar refractivity (Wildman–Crippen MR) is 96.2 cm³/mol. The van der Waals surface area contributed by atoms with Crippen LogP contribution in [0.5, 0.6) is 0 Å². The number of carbonyl (C=O) groups excluding carboxylic acids is 1. The zero-order valence-electron chi connectivity index (χ0n) is 14.4. The maximum atomic E-state index is 13.1. The van der Waals surface area contributed by atoms with E-state index in [9.17, 15) is 17.6 Å². The first-order valence-electron chi connectivity index (χ1n) is 7.77. The maximum Gasteiger partial charge on any atom is 0.243 e. The molecule has 2 aromatic rings. The van der Waals surface area contributed by atoms with Gasteiger partial charge < -0.3 is 5.32 Å². The quantitative estimate of drug-likeness (QED) is 0.857. The van der Waals surface area contributed by atoms with Crippen LogP contribution in [0.25, 0.3) is 0 Å². The molecule has 0 aliphatic rings. The Morgan fingerprint density at radius 3 is 2.32 bits per heavy atom. The molecule has 25 heavy (non-hydrogen) atoms. The molecule has 1 unspecified atom stereocenters. The Morgan fingerprint density at radius 1 is 1.16 bits per heavy atom. The molecule has 1 N–H and O–H groups in total. The first-order valence-corrected chi connectivity index (χ1v) is 9.62. The summed E-state index contributed by atoms with van der Waals surface area (Å²) in [5, 5.41) is 2.75. The van der Waals surface area contributed by atoms with Crippen molar-refractivity contribution in [2.75, 3.05) is 10.6 Å². The largest absolute Gasteiger partial charge is 0.350 e. The Labute approximate surface area is 147 Å². The highest BCUT2D eigenvalue weighted by Crippen LogP contribution is 2.21. The van der Waals surface area contributed by atoms with Gasteiger partial charge >= 0.3 is 0 Å². The minimum Gasteiger partial charge on any atom is -0.350 e. The number of rotatable bonds is 6. The van der Waals surface area contributed by atoms with Crippen molar-refractivity contribution in [1.82, 2.24) is 5.32 Å². The highest BCUT2D eigenvalue weighted by Gasteiger charge is 2.29. The molecule has 0 aliphatic heterocycles. The number of anilines is 1. The summed E-state index contributed by atoms with van der Waals surface area (Å²) in [6.07, 6.45) is 1.02. The van der Waals surface area contributed by atoms with E-state index >= 15 is 0 Å². The fourth-order valence-electron chi connectivity index (χ4n) is 2.54. The zero-order valence-corrected chi connectivity index (χ0v) is 15.2. The Morgan fingerprint density at radius 2 is 1.76 bits per heavy atom. The van der Waals surface area contributed by atoms with Gasteiger partial charge in [-0.2, -0.15) is 0 Å². The number of carbonyl (C=O) groups is 1. The number of hydrogen-bond donors (Lipinski definition) is 1. The summed E-state index contributed by atoms with van der Waals surface area (Å²) in [4.78, 5) is 12.5. The van der Waals surface area contributed by atoms with Crippen LogP contribution >= 0.6 is 0 Å². The normalized spacial score (nSPS) is 12.5. The van der Waals surface area contributed by atoms with E-state index in [-0.39, 0.29) is 5.69 Å². The molecule has 0 saturated carbocycles. The summed E-state index contributed by atoms with van der Waals surface area (Å²) in [5.41, 5.74) is 2.23. The van der Waals surface area contributed by atoms with Crippen molar-refractivity contribution in [3.63, 3.8) is 0 Å². The number of aryl methyl sites for hydroxylation is 1. The lowest BCUT2D eigenvalue weighted by atomic mass is 10.1. The van der Waals surface area contributed by atoms with Gasteiger partial charge in [-0.3, -0.25) is 9.10 Å². The van der Waals surface area contributed by atoms with Gasteiger partial charge in [0, 0.05) is 6.54 Å². The molecule has 5 nitrogen and oxygen atoms in total. The Bertz CT molecular complexity index is 851. The minimum absolute atomic E-state index is 0.238. The zero-order chi connectivity index (χ0) is 18.6. The lowest BCUT2D eigenvalue weighted by Gasteiger charge is -2.28. The molecule has 0 radical (unpaired) electrons. The number of nitrogens with zero attached hydrogens (tertiary/aromatic N) is 1. The lowest BCUT2D eigenvalue weighted by Crippen LogP contribution is -2.47.